The van der Waals surface area contributed by atoms with Gasteiger partial charge < -0.3 is 10.2 Å². The lowest BCUT2D eigenvalue weighted by Gasteiger charge is -2.26. The zero-order valence-corrected chi connectivity index (χ0v) is 18.3. The molecule has 0 aliphatic carbocycles. The standard InChI is InChI=1S/C22H9F12N3O2/c23-19(24,25)13-1-8(2-14(10(13)5-35)20(26,27)28)17(38)12(7-37)18(39)9-3-15(21(29,30)31)11(6-36)16(4-9)22(32,33)34/h1-4,12,17-18,38-39H. The second-order valence-corrected chi connectivity index (χ2v) is 7.74. The molecule has 0 aliphatic heterocycles. The van der Waals surface area contributed by atoms with Gasteiger partial charge in [0.05, 0.1) is 51.7 Å². The van der Waals surface area contributed by atoms with Crippen LogP contribution in [0.2, 0.25) is 0 Å². The number of aliphatic hydroxyl groups is 2. The van der Waals surface area contributed by atoms with Gasteiger partial charge in [-0.2, -0.15) is 68.5 Å². The normalized spacial score (nSPS) is 15.1. The van der Waals surface area contributed by atoms with Gasteiger partial charge in [0, 0.05) is 0 Å². The minimum Gasteiger partial charge on any atom is -0.387 e. The van der Waals surface area contributed by atoms with Gasteiger partial charge in [0.15, 0.2) is 0 Å². The smallest absolute Gasteiger partial charge is 0.387 e. The first-order valence-electron chi connectivity index (χ1n) is 9.80. The van der Waals surface area contributed by atoms with Crippen molar-refractivity contribution in [1.82, 2.24) is 0 Å². The fourth-order valence-corrected chi connectivity index (χ4v) is 3.53. The van der Waals surface area contributed by atoms with E-state index in [-0.39, 0.29) is 24.3 Å². The van der Waals surface area contributed by atoms with E-state index in [4.69, 9.17) is 10.5 Å². The molecule has 0 saturated heterocycles. The van der Waals surface area contributed by atoms with Gasteiger partial charge in [-0.15, -0.1) is 0 Å². The Morgan fingerprint density at radius 2 is 0.744 bits per heavy atom. The molecule has 2 rings (SSSR count). The first-order chi connectivity index (χ1) is 17.6. The number of halogens is 12. The molecular weight excluding hydrogens is 566 g/mol. The molecule has 0 amide bonds. The summed E-state index contributed by atoms with van der Waals surface area (Å²) in [7, 11) is 0. The van der Waals surface area contributed by atoms with Gasteiger partial charge in [-0.1, -0.05) is 0 Å². The SMILES string of the molecule is N#Cc1c(C(F)(F)F)cc(C(O)C(C#N)C(O)c2cc(C(F)(F)F)c(C#N)c(C(F)(F)F)c2)cc1C(F)(F)F. The van der Waals surface area contributed by atoms with Gasteiger partial charge in [-0.25, -0.2) is 0 Å². The predicted octanol–water partition coefficient (Wildman–Crippen LogP) is 6.41. The number of alkyl halides is 12. The van der Waals surface area contributed by atoms with Crippen LogP contribution in [0.1, 0.15) is 56.7 Å². The Morgan fingerprint density at radius 3 is 0.897 bits per heavy atom. The third-order valence-corrected chi connectivity index (χ3v) is 5.28. The monoisotopic (exact) mass is 575 g/mol. The quantitative estimate of drug-likeness (QED) is 0.410. The summed E-state index contributed by atoms with van der Waals surface area (Å²) in [6, 6.07) is 1.72. The maximum absolute atomic E-state index is 13.4. The van der Waals surface area contributed by atoms with Crippen LogP contribution in [0.3, 0.4) is 0 Å². The molecule has 2 N–H and O–H groups in total. The Morgan fingerprint density at radius 1 is 0.513 bits per heavy atom. The first-order valence-corrected chi connectivity index (χ1v) is 9.80. The highest BCUT2D eigenvalue weighted by Gasteiger charge is 2.45. The maximum atomic E-state index is 13.4. The largest absolute Gasteiger partial charge is 0.417 e. The summed E-state index contributed by atoms with van der Waals surface area (Å²) in [5.74, 6) is -2.64. The molecule has 2 aromatic rings. The van der Waals surface area contributed by atoms with Gasteiger partial charge in [-0.3, -0.25) is 0 Å². The van der Waals surface area contributed by atoms with Crippen molar-refractivity contribution in [2.75, 3.05) is 0 Å². The lowest BCUT2D eigenvalue weighted by atomic mass is 9.84. The summed E-state index contributed by atoms with van der Waals surface area (Å²) >= 11 is 0. The van der Waals surface area contributed by atoms with Crippen molar-refractivity contribution >= 4 is 0 Å². The van der Waals surface area contributed by atoms with Crippen molar-refractivity contribution < 1.29 is 62.9 Å². The van der Waals surface area contributed by atoms with Gasteiger partial charge in [0.2, 0.25) is 0 Å². The summed E-state index contributed by atoms with van der Waals surface area (Å²) in [6.07, 6.45) is -28.2. The van der Waals surface area contributed by atoms with E-state index in [9.17, 15) is 68.2 Å². The molecule has 0 aliphatic rings. The highest BCUT2D eigenvalue weighted by molar-refractivity contribution is 5.52. The van der Waals surface area contributed by atoms with Crippen molar-refractivity contribution in [2.45, 2.75) is 36.9 Å². The number of hydrogen-bond donors (Lipinski definition) is 2. The molecule has 0 bridgehead atoms. The molecule has 5 nitrogen and oxygen atoms in total. The Bertz CT molecular complexity index is 1220. The van der Waals surface area contributed by atoms with Crippen LogP contribution < -0.4 is 0 Å². The molecule has 0 fully saturated rings. The molecule has 208 valence electrons. The molecule has 2 aromatic carbocycles. The van der Waals surface area contributed by atoms with Crippen molar-refractivity contribution in [2.24, 2.45) is 5.92 Å². The Kier molecular flexibility index (Phi) is 8.23. The Hall–Kier alpha value is -4.01. The summed E-state index contributed by atoms with van der Waals surface area (Å²) in [4.78, 5) is 0. The Balaban J connectivity index is 2.81. The number of aliphatic hydroxyl groups excluding tert-OH is 2. The molecule has 2 atom stereocenters. The molecule has 0 spiro atoms. The lowest BCUT2D eigenvalue weighted by molar-refractivity contribution is -0.145. The van der Waals surface area contributed by atoms with Crippen molar-refractivity contribution in [3.63, 3.8) is 0 Å². The van der Waals surface area contributed by atoms with E-state index in [0.29, 0.717) is 12.1 Å². The van der Waals surface area contributed by atoms with Crippen LogP contribution in [0.4, 0.5) is 52.7 Å². The molecule has 39 heavy (non-hydrogen) atoms. The van der Waals surface area contributed by atoms with Crippen LogP contribution in [-0.2, 0) is 24.7 Å². The maximum Gasteiger partial charge on any atom is 0.417 e. The minimum absolute atomic E-state index is 0.184. The third kappa shape index (κ3) is 6.35. The van der Waals surface area contributed by atoms with E-state index in [1.54, 1.807) is 0 Å². The second kappa shape index (κ2) is 10.3. The van der Waals surface area contributed by atoms with Crippen molar-refractivity contribution in [1.29, 1.82) is 15.8 Å². The van der Waals surface area contributed by atoms with Crippen LogP contribution in [-0.4, -0.2) is 10.2 Å². The van der Waals surface area contributed by atoms with Crippen molar-refractivity contribution in [3.05, 3.63) is 68.8 Å². The van der Waals surface area contributed by atoms with Gasteiger partial charge in [0.1, 0.15) is 18.1 Å². The van der Waals surface area contributed by atoms with Crippen LogP contribution in [0.15, 0.2) is 24.3 Å². The van der Waals surface area contributed by atoms with Gasteiger partial charge >= 0.3 is 24.7 Å². The highest BCUT2D eigenvalue weighted by atomic mass is 19.4. The van der Waals surface area contributed by atoms with E-state index in [1.165, 1.54) is 0 Å². The lowest BCUT2D eigenvalue weighted by Crippen LogP contribution is -2.23. The molecule has 0 heterocycles. The number of nitrogens with zero attached hydrogens (tertiary/aromatic N) is 3. The number of hydrogen-bond acceptors (Lipinski definition) is 5. The number of benzene rings is 2. The average molecular weight is 575 g/mol. The minimum atomic E-state index is -5.63. The number of rotatable bonds is 4. The fraction of sp³-hybridized carbons (Fsp3) is 0.318. The van der Waals surface area contributed by atoms with Gasteiger partial charge in [0.25, 0.3) is 0 Å². The highest BCUT2D eigenvalue weighted by Crippen LogP contribution is 2.45. The summed E-state index contributed by atoms with van der Waals surface area (Å²) in [5.41, 5.74) is -15.5. The van der Waals surface area contributed by atoms with E-state index in [1.807, 2.05) is 0 Å². The molecule has 0 saturated carbocycles. The van der Waals surface area contributed by atoms with E-state index < -0.39 is 87.3 Å². The molecule has 2 unspecified atom stereocenters. The van der Waals surface area contributed by atoms with Crippen LogP contribution >= 0.6 is 0 Å². The van der Waals surface area contributed by atoms with Gasteiger partial charge in [-0.05, 0) is 35.4 Å². The summed E-state index contributed by atoms with van der Waals surface area (Å²) in [5, 5.41) is 47.9. The zero-order valence-electron chi connectivity index (χ0n) is 18.3. The molecule has 17 heteroatoms. The van der Waals surface area contributed by atoms with E-state index in [2.05, 4.69) is 0 Å². The Labute approximate surface area is 209 Å². The first kappa shape index (κ1) is 31.2. The summed E-state index contributed by atoms with van der Waals surface area (Å²) in [6.45, 7) is 0. The fourth-order valence-electron chi connectivity index (χ4n) is 3.53. The van der Waals surface area contributed by atoms with E-state index >= 15 is 0 Å². The van der Waals surface area contributed by atoms with Crippen LogP contribution in [0, 0.1) is 39.9 Å². The van der Waals surface area contributed by atoms with Crippen LogP contribution in [0.5, 0.6) is 0 Å². The topological polar surface area (TPSA) is 112 Å². The third-order valence-electron chi connectivity index (χ3n) is 5.28. The van der Waals surface area contributed by atoms with Crippen molar-refractivity contribution in [3.8, 4) is 18.2 Å². The van der Waals surface area contributed by atoms with E-state index in [0.717, 1.165) is 6.07 Å². The molecule has 0 aromatic heterocycles. The predicted molar refractivity (Wildman–Crippen MR) is 101 cm³/mol. The molecule has 0 radical (unpaired) electrons. The second-order valence-electron chi connectivity index (χ2n) is 7.74. The zero-order chi connectivity index (χ0) is 30.3. The summed E-state index contributed by atoms with van der Waals surface area (Å²) < 4.78 is 161. The van der Waals surface area contributed by atoms with Crippen LogP contribution in [0.25, 0.3) is 0 Å². The molecular formula is C22H9F12N3O2. The number of nitriles is 3. The average Bonchev–Trinajstić information content (AvgIpc) is 2.80.